The molecular formula is C24H42N4O3. The molecule has 1 heterocycles. The summed E-state index contributed by atoms with van der Waals surface area (Å²) in [5, 5.41) is 3.18. The van der Waals surface area contributed by atoms with Crippen LogP contribution in [0.1, 0.15) is 90.9 Å². The van der Waals surface area contributed by atoms with Gasteiger partial charge in [-0.3, -0.25) is 9.59 Å². The molecule has 3 aliphatic rings. The van der Waals surface area contributed by atoms with Crippen molar-refractivity contribution < 1.29 is 14.4 Å². The maximum absolute atomic E-state index is 13.6. The lowest BCUT2D eigenvalue weighted by Gasteiger charge is -2.47. The Hall–Kier alpha value is -1.79. The number of nitrogens with zero attached hydrogens (tertiary/aromatic N) is 2. The maximum Gasteiger partial charge on any atom is 0.318 e. The third kappa shape index (κ3) is 6.59. The van der Waals surface area contributed by atoms with Gasteiger partial charge in [0.25, 0.3) is 0 Å². The molecule has 3 N–H and O–H groups in total. The molecule has 0 spiro atoms. The number of piperazine rings is 1. The summed E-state index contributed by atoms with van der Waals surface area (Å²) in [5.74, 6) is 0.409. The molecule has 0 unspecified atom stereocenters. The molecule has 31 heavy (non-hydrogen) atoms. The summed E-state index contributed by atoms with van der Waals surface area (Å²) >= 11 is 0. The maximum atomic E-state index is 13.6. The fraction of sp³-hybridized carbons (Fsp3) is 0.875. The molecule has 2 atom stereocenters. The van der Waals surface area contributed by atoms with Crippen LogP contribution >= 0.6 is 0 Å². The van der Waals surface area contributed by atoms with Crippen LogP contribution in [0.5, 0.6) is 0 Å². The van der Waals surface area contributed by atoms with E-state index in [2.05, 4.69) is 19.2 Å². The van der Waals surface area contributed by atoms with E-state index in [9.17, 15) is 14.4 Å². The third-order valence-electron chi connectivity index (χ3n) is 7.26. The first-order valence-electron chi connectivity index (χ1n) is 12.5. The summed E-state index contributed by atoms with van der Waals surface area (Å²) < 4.78 is 0. The molecule has 3 fully saturated rings. The van der Waals surface area contributed by atoms with Crippen LogP contribution in [0.15, 0.2) is 0 Å². The monoisotopic (exact) mass is 434 g/mol. The number of nitrogens with one attached hydrogen (secondary N) is 1. The van der Waals surface area contributed by atoms with Crippen molar-refractivity contribution in [2.75, 3.05) is 13.1 Å². The second-order valence-electron chi connectivity index (χ2n) is 10.4. The van der Waals surface area contributed by atoms with Crippen molar-refractivity contribution >= 4 is 17.8 Å². The zero-order valence-corrected chi connectivity index (χ0v) is 19.5. The lowest BCUT2D eigenvalue weighted by Crippen LogP contribution is -2.67. The second kappa shape index (κ2) is 11.2. The van der Waals surface area contributed by atoms with Crippen molar-refractivity contribution in [3.63, 3.8) is 0 Å². The zero-order valence-electron chi connectivity index (χ0n) is 19.5. The van der Waals surface area contributed by atoms with Gasteiger partial charge in [0.2, 0.25) is 11.8 Å². The molecular weight excluding hydrogens is 392 g/mol. The van der Waals surface area contributed by atoms with E-state index in [1.165, 1.54) is 25.7 Å². The number of urea groups is 1. The third-order valence-corrected chi connectivity index (χ3v) is 7.26. The molecule has 176 valence electrons. The Morgan fingerprint density at radius 3 is 2.23 bits per heavy atom. The van der Waals surface area contributed by atoms with Gasteiger partial charge in [-0.15, -0.1) is 0 Å². The van der Waals surface area contributed by atoms with Crippen LogP contribution in [0.4, 0.5) is 4.79 Å². The molecule has 7 nitrogen and oxygen atoms in total. The molecule has 2 saturated carbocycles. The van der Waals surface area contributed by atoms with Crippen LogP contribution in [0.25, 0.3) is 0 Å². The van der Waals surface area contributed by atoms with Crippen molar-refractivity contribution in [1.82, 2.24) is 15.1 Å². The number of amides is 4. The van der Waals surface area contributed by atoms with E-state index in [0.29, 0.717) is 18.9 Å². The molecule has 0 aromatic rings. The van der Waals surface area contributed by atoms with Gasteiger partial charge in [0.15, 0.2) is 0 Å². The minimum absolute atomic E-state index is 0.0405. The molecule has 3 rings (SSSR count). The van der Waals surface area contributed by atoms with Crippen LogP contribution < -0.4 is 11.1 Å². The Balaban J connectivity index is 1.79. The second-order valence-corrected chi connectivity index (χ2v) is 10.4. The largest absolute Gasteiger partial charge is 0.370 e. The molecule has 7 heteroatoms. The first kappa shape index (κ1) is 23.9. The van der Waals surface area contributed by atoms with E-state index in [1.54, 1.807) is 4.90 Å². The van der Waals surface area contributed by atoms with Gasteiger partial charge in [0.1, 0.15) is 6.04 Å². The summed E-state index contributed by atoms with van der Waals surface area (Å²) in [4.78, 5) is 42.4. The SMILES string of the molecule is CC(C)C[C@@H]1C(=O)N(CC2CCCCC2)C[C@@H](CC(N)=O)N1C(=O)NC1CCCCC1. The van der Waals surface area contributed by atoms with E-state index in [4.69, 9.17) is 5.73 Å². The van der Waals surface area contributed by atoms with E-state index in [0.717, 1.165) is 45.1 Å². The van der Waals surface area contributed by atoms with Gasteiger partial charge in [-0.2, -0.15) is 0 Å². The van der Waals surface area contributed by atoms with Crippen molar-refractivity contribution in [2.45, 2.75) is 109 Å². The first-order chi connectivity index (χ1) is 14.8. The van der Waals surface area contributed by atoms with Crippen LogP contribution in [0.2, 0.25) is 0 Å². The molecule has 4 amide bonds. The van der Waals surface area contributed by atoms with Crippen LogP contribution in [-0.2, 0) is 9.59 Å². The molecule has 2 aliphatic carbocycles. The van der Waals surface area contributed by atoms with Crippen molar-refractivity contribution in [3.8, 4) is 0 Å². The number of hydrogen-bond acceptors (Lipinski definition) is 3. The van der Waals surface area contributed by atoms with E-state index in [1.807, 2.05) is 4.90 Å². The summed E-state index contributed by atoms with van der Waals surface area (Å²) in [6.45, 7) is 5.30. The Bertz CT molecular complexity index is 626. The Morgan fingerprint density at radius 1 is 1.03 bits per heavy atom. The van der Waals surface area contributed by atoms with Gasteiger partial charge >= 0.3 is 6.03 Å². The quantitative estimate of drug-likeness (QED) is 0.643. The van der Waals surface area contributed by atoms with Gasteiger partial charge in [0, 0.05) is 25.6 Å². The van der Waals surface area contributed by atoms with Gasteiger partial charge in [-0.05, 0) is 43.9 Å². The van der Waals surface area contributed by atoms with Crippen LogP contribution in [-0.4, -0.2) is 58.9 Å². The number of carbonyl (C=O) groups excluding carboxylic acids is 3. The van der Waals surface area contributed by atoms with E-state index < -0.39 is 11.9 Å². The van der Waals surface area contributed by atoms with Crippen LogP contribution in [0, 0.1) is 11.8 Å². The highest BCUT2D eigenvalue weighted by atomic mass is 16.2. The van der Waals surface area contributed by atoms with Gasteiger partial charge in [-0.25, -0.2) is 4.79 Å². The molecule has 0 aromatic carbocycles. The standard InChI is InChI=1S/C24H42N4O3/c1-17(2)13-21-23(30)27(15-18-9-5-3-6-10-18)16-20(14-22(25)29)28(21)24(31)26-19-11-7-4-8-12-19/h17-21H,3-16H2,1-2H3,(H2,25,29)(H,26,31)/t20-,21-/m1/s1. The lowest BCUT2D eigenvalue weighted by molar-refractivity contribution is -0.145. The van der Waals surface area contributed by atoms with Crippen molar-refractivity contribution in [2.24, 2.45) is 17.6 Å². The highest BCUT2D eigenvalue weighted by Gasteiger charge is 2.44. The summed E-state index contributed by atoms with van der Waals surface area (Å²) in [5.41, 5.74) is 5.58. The summed E-state index contributed by atoms with van der Waals surface area (Å²) in [6.07, 6.45) is 12.2. The normalized spacial score (nSPS) is 26.4. The summed E-state index contributed by atoms with van der Waals surface area (Å²) in [7, 11) is 0. The fourth-order valence-electron chi connectivity index (χ4n) is 5.72. The highest BCUT2D eigenvalue weighted by Crippen LogP contribution is 2.29. The lowest BCUT2D eigenvalue weighted by atomic mass is 9.87. The minimum Gasteiger partial charge on any atom is -0.370 e. The topological polar surface area (TPSA) is 95.7 Å². The Kier molecular flexibility index (Phi) is 8.61. The number of hydrogen-bond donors (Lipinski definition) is 2. The highest BCUT2D eigenvalue weighted by molar-refractivity contribution is 5.89. The predicted molar refractivity (Wildman–Crippen MR) is 121 cm³/mol. The average Bonchev–Trinajstić information content (AvgIpc) is 2.72. The summed E-state index contributed by atoms with van der Waals surface area (Å²) in [6, 6.07) is -0.920. The van der Waals surface area contributed by atoms with Gasteiger partial charge in [0.05, 0.1) is 6.04 Å². The fourth-order valence-corrected chi connectivity index (χ4v) is 5.72. The predicted octanol–water partition coefficient (Wildman–Crippen LogP) is 3.41. The number of carbonyl (C=O) groups is 3. The minimum atomic E-state index is -0.523. The molecule has 0 bridgehead atoms. The first-order valence-corrected chi connectivity index (χ1v) is 12.5. The average molecular weight is 435 g/mol. The number of primary amides is 1. The van der Waals surface area contributed by atoms with Gasteiger partial charge < -0.3 is 20.9 Å². The van der Waals surface area contributed by atoms with Gasteiger partial charge in [-0.1, -0.05) is 52.4 Å². The Morgan fingerprint density at radius 2 is 1.65 bits per heavy atom. The van der Waals surface area contributed by atoms with Crippen LogP contribution in [0.3, 0.4) is 0 Å². The molecule has 0 radical (unpaired) electrons. The smallest absolute Gasteiger partial charge is 0.318 e. The number of nitrogens with two attached hydrogens (primary N) is 1. The van der Waals surface area contributed by atoms with Crippen molar-refractivity contribution in [3.05, 3.63) is 0 Å². The molecule has 1 aliphatic heterocycles. The molecule has 1 saturated heterocycles. The Labute approximate surface area is 187 Å². The zero-order chi connectivity index (χ0) is 22.4. The van der Waals surface area contributed by atoms with E-state index in [-0.39, 0.29) is 36.4 Å². The van der Waals surface area contributed by atoms with E-state index >= 15 is 0 Å². The van der Waals surface area contributed by atoms with Crippen molar-refractivity contribution in [1.29, 1.82) is 0 Å². The molecule has 0 aromatic heterocycles. The number of rotatable bonds is 7.